The van der Waals surface area contributed by atoms with E-state index in [1.807, 2.05) is 65.3 Å². The van der Waals surface area contributed by atoms with Gasteiger partial charge >= 0.3 is 0 Å². The normalized spacial score (nSPS) is 10.5. The summed E-state index contributed by atoms with van der Waals surface area (Å²) in [5.74, 6) is -0.229. The van der Waals surface area contributed by atoms with Crippen molar-refractivity contribution >= 4 is 11.6 Å². The fourth-order valence-corrected chi connectivity index (χ4v) is 2.71. The molecular weight excluding hydrogens is 324 g/mol. The molecule has 1 amide bonds. The third-order valence-electron chi connectivity index (χ3n) is 3.98. The molecule has 0 saturated heterocycles. The largest absolute Gasteiger partial charge is 0.321 e. The molecule has 5 nitrogen and oxygen atoms in total. The first-order chi connectivity index (χ1) is 12.8. The van der Waals surface area contributed by atoms with Crippen molar-refractivity contribution in [2.45, 2.75) is 0 Å². The van der Waals surface area contributed by atoms with Crippen molar-refractivity contribution in [2.24, 2.45) is 0 Å². The van der Waals surface area contributed by atoms with Gasteiger partial charge < -0.3 is 5.32 Å². The van der Waals surface area contributed by atoms with Crippen LogP contribution in [0.25, 0.3) is 16.9 Å². The zero-order valence-corrected chi connectivity index (χ0v) is 13.9. The lowest BCUT2D eigenvalue weighted by Gasteiger charge is -2.09. The number of para-hydroxylation sites is 1. The molecule has 126 valence electrons. The van der Waals surface area contributed by atoms with Crippen LogP contribution in [0.2, 0.25) is 0 Å². The maximum Gasteiger partial charge on any atom is 0.274 e. The summed E-state index contributed by atoms with van der Waals surface area (Å²) in [6.07, 6.45) is 3.38. The fraction of sp³-hybridized carbons (Fsp3) is 0. The van der Waals surface area contributed by atoms with Crippen LogP contribution in [-0.2, 0) is 0 Å². The summed E-state index contributed by atoms with van der Waals surface area (Å²) in [5.41, 5.74) is 4.11. The second-order valence-electron chi connectivity index (χ2n) is 5.71. The van der Waals surface area contributed by atoms with E-state index in [0.717, 1.165) is 22.6 Å². The molecule has 0 aliphatic heterocycles. The van der Waals surface area contributed by atoms with Gasteiger partial charge in [-0.15, -0.1) is 0 Å². The lowest BCUT2D eigenvalue weighted by Crippen LogP contribution is -2.13. The first-order valence-corrected chi connectivity index (χ1v) is 8.23. The minimum atomic E-state index is -0.229. The van der Waals surface area contributed by atoms with Gasteiger partial charge in [0, 0.05) is 17.4 Å². The Morgan fingerprint density at radius 1 is 0.808 bits per heavy atom. The number of pyridine rings is 1. The third-order valence-corrected chi connectivity index (χ3v) is 3.98. The maximum atomic E-state index is 12.2. The lowest BCUT2D eigenvalue weighted by molar-refractivity contribution is 0.102. The molecule has 0 spiro atoms. The smallest absolute Gasteiger partial charge is 0.274 e. The Hall–Kier alpha value is -3.73. The summed E-state index contributed by atoms with van der Waals surface area (Å²) in [4.78, 5) is 16.2. The lowest BCUT2D eigenvalue weighted by atomic mass is 10.1. The van der Waals surface area contributed by atoms with E-state index in [2.05, 4.69) is 15.4 Å². The van der Waals surface area contributed by atoms with E-state index in [1.54, 1.807) is 30.6 Å². The molecule has 1 N–H and O–H groups in total. The van der Waals surface area contributed by atoms with Crippen molar-refractivity contribution in [1.29, 1.82) is 0 Å². The number of amides is 1. The number of nitrogens with zero attached hydrogens (tertiary/aromatic N) is 3. The molecule has 4 rings (SSSR count). The molecule has 2 heterocycles. The molecule has 0 bridgehead atoms. The van der Waals surface area contributed by atoms with Gasteiger partial charge in [-0.05, 0) is 42.5 Å². The highest BCUT2D eigenvalue weighted by molar-refractivity contribution is 6.02. The van der Waals surface area contributed by atoms with Gasteiger partial charge in [0.05, 0.1) is 17.6 Å². The second kappa shape index (κ2) is 7.03. The van der Waals surface area contributed by atoms with Crippen molar-refractivity contribution in [1.82, 2.24) is 14.8 Å². The SMILES string of the molecule is O=C(Nc1ccc(-c2ccnn2-c2ccccc2)cc1)c1ccccn1. The predicted molar refractivity (Wildman–Crippen MR) is 101 cm³/mol. The van der Waals surface area contributed by atoms with E-state index < -0.39 is 0 Å². The molecule has 0 unspecified atom stereocenters. The van der Waals surface area contributed by atoms with E-state index in [1.165, 1.54) is 0 Å². The monoisotopic (exact) mass is 340 g/mol. The number of nitrogens with one attached hydrogen (secondary N) is 1. The number of benzene rings is 2. The van der Waals surface area contributed by atoms with Crippen molar-refractivity contribution in [2.75, 3.05) is 5.32 Å². The van der Waals surface area contributed by atoms with Gasteiger partial charge in [0.25, 0.3) is 5.91 Å². The zero-order valence-electron chi connectivity index (χ0n) is 13.9. The molecule has 0 radical (unpaired) electrons. The Morgan fingerprint density at radius 3 is 2.31 bits per heavy atom. The van der Waals surface area contributed by atoms with Crippen molar-refractivity contribution in [3.05, 3.63) is 97.0 Å². The molecule has 2 aromatic heterocycles. The van der Waals surface area contributed by atoms with Crippen LogP contribution >= 0.6 is 0 Å². The summed E-state index contributed by atoms with van der Waals surface area (Å²) in [7, 11) is 0. The highest BCUT2D eigenvalue weighted by Gasteiger charge is 2.09. The van der Waals surface area contributed by atoms with Crippen LogP contribution in [0.5, 0.6) is 0 Å². The minimum Gasteiger partial charge on any atom is -0.321 e. The number of rotatable bonds is 4. The number of hydrogen-bond acceptors (Lipinski definition) is 3. The Bertz CT molecular complexity index is 1010. The number of anilines is 1. The molecule has 2 aromatic carbocycles. The van der Waals surface area contributed by atoms with Crippen LogP contribution in [0, 0.1) is 0 Å². The van der Waals surface area contributed by atoms with Gasteiger partial charge in [-0.2, -0.15) is 5.10 Å². The van der Waals surface area contributed by atoms with Crippen molar-refractivity contribution < 1.29 is 4.79 Å². The van der Waals surface area contributed by atoms with E-state index in [9.17, 15) is 4.79 Å². The molecule has 26 heavy (non-hydrogen) atoms. The highest BCUT2D eigenvalue weighted by atomic mass is 16.1. The average molecular weight is 340 g/mol. The van der Waals surface area contributed by atoms with Gasteiger partial charge in [-0.3, -0.25) is 9.78 Å². The topological polar surface area (TPSA) is 59.8 Å². The summed E-state index contributed by atoms with van der Waals surface area (Å²) in [6.45, 7) is 0. The van der Waals surface area contributed by atoms with Crippen LogP contribution in [-0.4, -0.2) is 20.7 Å². The predicted octanol–water partition coefficient (Wildman–Crippen LogP) is 4.19. The van der Waals surface area contributed by atoms with Crippen molar-refractivity contribution in [3.8, 4) is 16.9 Å². The number of hydrogen-bond donors (Lipinski definition) is 1. The van der Waals surface area contributed by atoms with Gasteiger partial charge in [0.1, 0.15) is 5.69 Å². The van der Waals surface area contributed by atoms with Crippen molar-refractivity contribution in [3.63, 3.8) is 0 Å². The molecule has 4 aromatic rings. The molecule has 0 fully saturated rings. The van der Waals surface area contributed by atoms with E-state index in [0.29, 0.717) is 5.69 Å². The number of carbonyl (C=O) groups excluding carboxylic acids is 1. The van der Waals surface area contributed by atoms with Gasteiger partial charge in [-0.1, -0.05) is 36.4 Å². The van der Waals surface area contributed by atoms with Gasteiger partial charge in [-0.25, -0.2) is 4.68 Å². The molecule has 5 heteroatoms. The Balaban J connectivity index is 1.56. The number of aromatic nitrogens is 3. The molecular formula is C21H16N4O. The quantitative estimate of drug-likeness (QED) is 0.606. The minimum absolute atomic E-state index is 0.229. The second-order valence-corrected chi connectivity index (χ2v) is 5.71. The zero-order chi connectivity index (χ0) is 17.8. The Labute approximate surface area is 151 Å². The standard InChI is InChI=1S/C21H16N4O/c26-21(19-8-4-5-14-22-19)24-17-11-9-16(10-12-17)20-13-15-23-25(20)18-6-2-1-3-7-18/h1-15H,(H,24,26). The summed E-state index contributed by atoms with van der Waals surface area (Å²) in [6, 6.07) is 24.9. The summed E-state index contributed by atoms with van der Waals surface area (Å²) in [5, 5.41) is 7.27. The third kappa shape index (κ3) is 3.23. The fourth-order valence-electron chi connectivity index (χ4n) is 2.71. The first-order valence-electron chi connectivity index (χ1n) is 8.23. The molecule has 0 atom stereocenters. The van der Waals surface area contributed by atoms with Crippen LogP contribution in [0.15, 0.2) is 91.3 Å². The summed E-state index contributed by atoms with van der Waals surface area (Å²) >= 11 is 0. The van der Waals surface area contributed by atoms with Gasteiger partial charge in [0.15, 0.2) is 0 Å². The Morgan fingerprint density at radius 2 is 1.58 bits per heavy atom. The number of carbonyl (C=O) groups is 1. The van der Waals surface area contributed by atoms with Crippen LogP contribution < -0.4 is 5.32 Å². The van der Waals surface area contributed by atoms with E-state index in [-0.39, 0.29) is 5.91 Å². The van der Waals surface area contributed by atoms with Crippen LogP contribution in [0.3, 0.4) is 0 Å². The van der Waals surface area contributed by atoms with Gasteiger partial charge in [0.2, 0.25) is 0 Å². The molecule has 0 saturated carbocycles. The van der Waals surface area contributed by atoms with Crippen LogP contribution in [0.4, 0.5) is 5.69 Å². The highest BCUT2D eigenvalue weighted by Crippen LogP contribution is 2.24. The maximum absolute atomic E-state index is 12.2. The molecule has 0 aliphatic rings. The molecule has 0 aliphatic carbocycles. The van der Waals surface area contributed by atoms with E-state index >= 15 is 0 Å². The van der Waals surface area contributed by atoms with Crippen LogP contribution in [0.1, 0.15) is 10.5 Å². The summed E-state index contributed by atoms with van der Waals surface area (Å²) < 4.78 is 1.89. The van der Waals surface area contributed by atoms with E-state index in [4.69, 9.17) is 0 Å². The average Bonchev–Trinajstić information content (AvgIpc) is 3.20. The Kier molecular flexibility index (Phi) is 4.26. The first kappa shape index (κ1) is 15.8.